The van der Waals surface area contributed by atoms with Gasteiger partial charge in [0.1, 0.15) is 0 Å². The molecule has 7 aliphatic rings. The topological polar surface area (TPSA) is 44.0 Å². The molecule has 0 saturated heterocycles. The van der Waals surface area contributed by atoms with Crippen LogP contribution in [0.2, 0.25) is 0 Å². The van der Waals surface area contributed by atoms with Crippen LogP contribution in [0.4, 0.5) is 0 Å². The highest BCUT2D eigenvalue weighted by molar-refractivity contribution is 6.24. The lowest BCUT2D eigenvalue weighted by Crippen LogP contribution is -2.71. The van der Waals surface area contributed by atoms with Crippen molar-refractivity contribution < 1.29 is 9.15 Å². The van der Waals surface area contributed by atoms with Gasteiger partial charge in [0.15, 0.2) is 0 Å². The van der Waals surface area contributed by atoms with Gasteiger partial charge in [0, 0.05) is 64.7 Å². The summed E-state index contributed by atoms with van der Waals surface area (Å²) in [7, 11) is 0. The van der Waals surface area contributed by atoms with E-state index in [0.29, 0.717) is 0 Å². The quantitative estimate of drug-likeness (QED) is 0.329. The smallest absolute Gasteiger partial charge is 0.361 e. The predicted octanol–water partition coefficient (Wildman–Crippen LogP) is 5.07. The minimum Gasteiger partial charge on any atom is -0.361 e. The zero-order chi connectivity index (χ0) is 29.8. The van der Waals surface area contributed by atoms with Gasteiger partial charge < -0.3 is 4.98 Å². The maximum Gasteiger partial charge on any atom is 0.553 e. The SMILES string of the molecule is CC1=C2C=CC3=[N+]2C24n5c1ccc5C(c1ccc(C(=C5C=CC=N5)c5ccc[nH]5)cc1)=C1C=CC(=[N+]12)C(C)=c1ccc(n14)=C3C. The van der Waals surface area contributed by atoms with Crippen LogP contribution in [0.15, 0.2) is 125 Å². The summed E-state index contributed by atoms with van der Waals surface area (Å²) in [5.41, 5.74) is 18.2. The number of rotatable bonds is 3. The van der Waals surface area contributed by atoms with Crippen molar-refractivity contribution in [3.63, 3.8) is 0 Å². The minimum absolute atomic E-state index is 0.606. The Labute approximate surface area is 259 Å². The van der Waals surface area contributed by atoms with E-state index in [0.717, 1.165) is 22.5 Å². The van der Waals surface area contributed by atoms with Gasteiger partial charge >= 0.3 is 5.91 Å². The van der Waals surface area contributed by atoms with Crippen molar-refractivity contribution in [3.05, 3.63) is 159 Å². The standard InChI is InChI=1S/C39H27N6/c1-22-29-12-14-31-23(2)33-16-18-35-38(26-10-8-25(9-11-26)37(27-6-4-20-40-27)28-7-5-21-41-28)36-19-17-34-24(3)32-15-13-30(22)43(32)39(42(29)31,44(33)35)45(34)36/h4-21H,1-3H3/q+1/p+1. The summed E-state index contributed by atoms with van der Waals surface area (Å²) in [4.78, 5) is 8.05. The van der Waals surface area contributed by atoms with Gasteiger partial charge in [0.05, 0.1) is 33.4 Å². The van der Waals surface area contributed by atoms with E-state index in [1.807, 2.05) is 24.6 Å². The van der Waals surface area contributed by atoms with Crippen molar-refractivity contribution >= 4 is 45.5 Å². The molecule has 0 saturated carbocycles. The van der Waals surface area contributed by atoms with Crippen LogP contribution in [0.5, 0.6) is 0 Å². The molecule has 1 N–H and O–H groups in total. The number of hydrogen-bond donors (Lipinski definition) is 1. The van der Waals surface area contributed by atoms with E-state index in [1.165, 1.54) is 72.8 Å². The zero-order valence-corrected chi connectivity index (χ0v) is 25.1. The summed E-state index contributed by atoms with van der Waals surface area (Å²) in [5, 5.41) is 2.55. The highest BCUT2D eigenvalue weighted by Crippen LogP contribution is 2.51. The third-order valence-corrected chi connectivity index (χ3v) is 10.7. The zero-order valence-electron chi connectivity index (χ0n) is 25.1. The molecule has 1 unspecified atom stereocenters. The number of benzene rings is 1. The Hall–Kier alpha value is -5.75. The van der Waals surface area contributed by atoms with Crippen LogP contribution in [0.3, 0.4) is 0 Å². The van der Waals surface area contributed by atoms with Crippen molar-refractivity contribution in [3.8, 4) is 0 Å². The number of nitrogens with zero attached hydrogens (tertiary/aromatic N) is 5. The van der Waals surface area contributed by atoms with Gasteiger partial charge in [-0.1, -0.05) is 33.4 Å². The molecule has 1 aromatic carbocycles. The van der Waals surface area contributed by atoms with Crippen LogP contribution in [0.1, 0.15) is 49.0 Å². The third-order valence-electron chi connectivity index (χ3n) is 10.7. The maximum absolute atomic E-state index is 4.65. The Balaban J connectivity index is 1.21. The highest BCUT2D eigenvalue weighted by Gasteiger charge is 2.72. The van der Waals surface area contributed by atoms with Gasteiger partial charge in [-0.15, -0.1) is 0 Å². The van der Waals surface area contributed by atoms with E-state index >= 15 is 0 Å². The summed E-state index contributed by atoms with van der Waals surface area (Å²) >= 11 is 0. The molecule has 0 amide bonds. The van der Waals surface area contributed by atoms with Crippen molar-refractivity contribution in [2.45, 2.75) is 26.7 Å². The fourth-order valence-electron chi connectivity index (χ4n) is 8.79. The van der Waals surface area contributed by atoms with Crippen LogP contribution in [0.25, 0.3) is 27.9 Å². The molecule has 0 aliphatic carbocycles. The first kappa shape index (κ1) is 23.7. The summed E-state index contributed by atoms with van der Waals surface area (Å²) in [6, 6.07) is 22.5. The van der Waals surface area contributed by atoms with Crippen LogP contribution in [-0.2, 0) is 5.91 Å². The van der Waals surface area contributed by atoms with Crippen LogP contribution < -0.4 is 10.7 Å². The van der Waals surface area contributed by atoms with E-state index in [9.17, 15) is 0 Å². The molecular formula is C39H28N6+2. The molecule has 0 radical (unpaired) electrons. The average Bonchev–Trinajstić information content (AvgIpc) is 3.90. The number of H-pyrrole nitrogens is 1. The maximum atomic E-state index is 4.65. The van der Waals surface area contributed by atoms with Gasteiger partial charge in [-0.25, -0.2) is 0 Å². The lowest BCUT2D eigenvalue weighted by molar-refractivity contribution is -0.834. The number of aromatic nitrogens is 3. The molecular weight excluding hydrogens is 552 g/mol. The lowest BCUT2D eigenvalue weighted by Gasteiger charge is -2.40. The molecule has 1 atom stereocenters. The second-order valence-electron chi connectivity index (χ2n) is 12.7. The normalized spacial score (nSPS) is 23.4. The number of aliphatic imine (C=N–C) groups is 1. The number of hydrogen-bond acceptors (Lipinski definition) is 1. The fraction of sp³-hybridized carbons (Fsp3) is 0.103. The molecule has 6 nitrogen and oxygen atoms in total. The first-order chi connectivity index (χ1) is 22.1. The second kappa shape index (κ2) is 7.66. The Morgan fingerprint density at radius 3 is 2.11 bits per heavy atom. The first-order valence-electron chi connectivity index (χ1n) is 15.6. The van der Waals surface area contributed by atoms with E-state index < -0.39 is 5.91 Å². The predicted molar refractivity (Wildman–Crippen MR) is 178 cm³/mol. The first-order valence-corrected chi connectivity index (χ1v) is 15.6. The average molecular weight is 581 g/mol. The summed E-state index contributed by atoms with van der Waals surface area (Å²) in [6.07, 6.45) is 17.2. The molecule has 11 rings (SSSR count). The van der Waals surface area contributed by atoms with E-state index in [2.05, 4.69) is 134 Å². The Bertz CT molecular complexity index is 2560. The highest BCUT2D eigenvalue weighted by atomic mass is 15.6. The third kappa shape index (κ3) is 2.48. The number of allylic oxidation sites excluding steroid dienone is 7. The van der Waals surface area contributed by atoms with E-state index in [1.54, 1.807) is 0 Å². The van der Waals surface area contributed by atoms with Gasteiger partial charge in [-0.05, 0) is 80.4 Å². The van der Waals surface area contributed by atoms with Crippen molar-refractivity contribution in [2.24, 2.45) is 4.99 Å². The van der Waals surface area contributed by atoms with E-state index in [4.69, 9.17) is 0 Å². The van der Waals surface area contributed by atoms with E-state index in [-0.39, 0.29) is 0 Å². The Morgan fingerprint density at radius 2 is 1.42 bits per heavy atom. The van der Waals surface area contributed by atoms with Crippen LogP contribution in [-0.4, -0.2) is 40.9 Å². The Morgan fingerprint density at radius 1 is 0.711 bits per heavy atom. The molecule has 1 spiro atoms. The molecule has 6 heteroatoms. The van der Waals surface area contributed by atoms with Crippen molar-refractivity contribution in [1.82, 2.24) is 14.1 Å². The van der Waals surface area contributed by atoms with Crippen LogP contribution in [0, 0.1) is 0 Å². The molecule has 212 valence electrons. The molecule has 3 aromatic heterocycles. The molecule has 45 heavy (non-hydrogen) atoms. The summed E-state index contributed by atoms with van der Waals surface area (Å²) in [5.74, 6) is -0.606. The summed E-state index contributed by atoms with van der Waals surface area (Å²) < 4.78 is 10.4. The largest absolute Gasteiger partial charge is 0.553 e. The molecule has 4 aromatic rings. The fourth-order valence-corrected chi connectivity index (χ4v) is 8.79. The lowest BCUT2D eigenvalue weighted by atomic mass is 9.93. The molecule has 0 fully saturated rings. The van der Waals surface area contributed by atoms with Gasteiger partial charge in [-0.3, -0.25) is 4.99 Å². The monoisotopic (exact) mass is 580 g/mol. The Kier molecular flexibility index (Phi) is 4.03. The second-order valence-corrected chi connectivity index (χ2v) is 12.7. The van der Waals surface area contributed by atoms with Gasteiger partial charge in [-0.2, -0.15) is 9.13 Å². The van der Waals surface area contributed by atoms with Gasteiger partial charge in [0.2, 0.25) is 22.8 Å². The van der Waals surface area contributed by atoms with Crippen LogP contribution >= 0.6 is 0 Å². The van der Waals surface area contributed by atoms with Crippen molar-refractivity contribution in [2.75, 3.05) is 0 Å². The van der Waals surface area contributed by atoms with Crippen molar-refractivity contribution in [1.29, 1.82) is 0 Å². The molecule has 7 aliphatic heterocycles. The molecule has 10 heterocycles. The molecule has 0 bridgehead atoms. The number of nitrogens with one attached hydrogen (secondary N) is 1. The summed E-state index contributed by atoms with van der Waals surface area (Å²) in [6.45, 7) is 6.82. The minimum atomic E-state index is -0.606. The number of aromatic amines is 1. The van der Waals surface area contributed by atoms with Gasteiger partial charge in [0.25, 0.3) is 0 Å².